The molecule has 1 aromatic heterocycles. The SMILES string of the molecule is CC#CC(=O)NCC1CC(n2ccnc2)C1. The van der Waals surface area contributed by atoms with Gasteiger partial charge in [0.05, 0.1) is 6.33 Å². The Kier molecular flexibility index (Phi) is 3.25. The summed E-state index contributed by atoms with van der Waals surface area (Å²) in [6.45, 7) is 2.40. The van der Waals surface area contributed by atoms with Gasteiger partial charge >= 0.3 is 0 Å². The number of hydrogen-bond acceptors (Lipinski definition) is 2. The van der Waals surface area contributed by atoms with Crippen LogP contribution in [0, 0.1) is 17.8 Å². The summed E-state index contributed by atoms with van der Waals surface area (Å²) < 4.78 is 2.13. The third kappa shape index (κ3) is 2.43. The van der Waals surface area contributed by atoms with Gasteiger partial charge in [0.2, 0.25) is 0 Å². The maximum Gasteiger partial charge on any atom is 0.295 e. The smallest absolute Gasteiger partial charge is 0.295 e. The quantitative estimate of drug-likeness (QED) is 0.767. The highest BCUT2D eigenvalue weighted by atomic mass is 16.1. The minimum atomic E-state index is -0.173. The van der Waals surface area contributed by atoms with Crippen LogP contribution >= 0.6 is 0 Å². The molecule has 0 bridgehead atoms. The lowest BCUT2D eigenvalue weighted by Gasteiger charge is -2.35. The number of imidazole rings is 1. The van der Waals surface area contributed by atoms with Crippen LogP contribution < -0.4 is 5.32 Å². The van der Waals surface area contributed by atoms with Crippen LogP contribution in [0.25, 0.3) is 0 Å². The highest BCUT2D eigenvalue weighted by molar-refractivity contribution is 5.93. The molecular formula is C12H15N3O. The largest absolute Gasteiger partial charge is 0.345 e. The van der Waals surface area contributed by atoms with Gasteiger partial charge in [0, 0.05) is 25.0 Å². The van der Waals surface area contributed by atoms with E-state index >= 15 is 0 Å². The van der Waals surface area contributed by atoms with E-state index in [0.29, 0.717) is 12.0 Å². The zero-order valence-electron chi connectivity index (χ0n) is 9.31. The van der Waals surface area contributed by atoms with E-state index < -0.39 is 0 Å². The highest BCUT2D eigenvalue weighted by Gasteiger charge is 2.29. The van der Waals surface area contributed by atoms with E-state index in [1.165, 1.54) is 0 Å². The monoisotopic (exact) mass is 217 g/mol. The van der Waals surface area contributed by atoms with Gasteiger partial charge in [-0.1, -0.05) is 5.92 Å². The number of nitrogens with one attached hydrogen (secondary N) is 1. The first kappa shape index (κ1) is 10.7. The molecule has 1 saturated carbocycles. The van der Waals surface area contributed by atoms with Crippen molar-refractivity contribution in [3.63, 3.8) is 0 Å². The number of aromatic nitrogens is 2. The van der Waals surface area contributed by atoms with Crippen molar-refractivity contribution in [2.75, 3.05) is 6.54 Å². The molecule has 84 valence electrons. The van der Waals surface area contributed by atoms with Crippen molar-refractivity contribution >= 4 is 5.91 Å². The molecule has 0 radical (unpaired) electrons. The zero-order chi connectivity index (χ0) is 11.4. The van der Waals surface area contributed by atoms with Crippen LogP contribution in [0.1, 0.15) is 25.8 Å². The van der Waals surface area contributed by atoms with Gasteiger partial charge < -0.3 is 9.88 Å². The van der Waals surface area contributed by atoms with E-state index in [1.807, 2.05) is 12.5 Å². The number of nitrogens with zero attached hydrogens (tertiary/aromatic N) is 2. The van der Waals surface area contributed by atoms with Crippen molar-refractivity contribution in [3.8, 4) is 11.8 Å². The summed E-state index contributed by atoms with van der Waals surface area (Å²) in [6.07, 6.45) is 7.85. The Labute approximate surface area is 95.1 Å². The fourth-order valence-electron chi connectivity index (χ4n) is 1.99. The summed E-state index contributed by atoms with van der Waals surface area (Å²) in [5.41, 5.74) is 0. The Morgan fingerprint density at radius 3 is 3.06 bits per heavy atom. The molecule has 4 heteroatoms. The van der Waals surface area contributed by atoms with Gasteiger partial charge in [-0.2, -0.15) is 0 Å². The average molecular weight is 217 g/mol. The number of amides is 1. The number of carbonyl (C=O) groups is 1. The Morgan fingerprint density at radius 1 is 1.62 bits per heavy atom. The molecule has 1 amide bonds. The van der Waals surface area contributed by atoms with Crippen LogP contribution in [0.3, 0.4) is 0 Å². The Bertz CT molecular complexity index is 407. The average Bonchev–Trinajstić information content (AvgIpc) is 2.69. The predicted octanol–water partition coefficient (Wildman–Crippen LogP) is 0.974. The van der Waals surface area contributed by atoms with Gasteiger partial charge in [0.1, 0.15) is 0 Å². The number of carbonyl (C=O) groups excluding carboxylic acids is 1. The first-order valence-electron chi connectivity index (χ1n) is 5.47. The topological polar surface area (TPSA) is 46.9 Å². The van der Waals surface area contributed by atoms with E-state index in [4.69, 9.17) is 0 Å². The lowest BCUT2D eigenvalue weighted by Crippen LogP contribution is -2.36. The molecule has 0 aromatic carbocycles. The fraction of sp³-hybridized carbons (Fsp3) is 0.500. The molecule has 16 heavy (non-hydrogen) atoms. The molecule has 0 spiro atoms. The van der Waals surface area contributed by atoms with Crippen molar-refractivity contribution in [2.45, 2.75) is 25.8 Å². The molecular weight excluding hydrogens is 202 g/mol. The van der Waals surface area contributed by atoms with Crippen LogP contribution in [0.2, 0.25) is 0 Å². The second-order valence-corrected chi connectivity index (χ2v) is 4.09. The van der Waals surface area contributed by atoms with Crippen LogP contribution in [-0.2, 0) is 4.79 Å². The standard InChI is InChI=1S/C12H15N3O/c1-2-3-12(16)14-8-10-6-11(7-10)15-5-4-13-9-15/h4-5,9-11H,6-8H2,1H3,(H,14,16). The maximum absolute atomic E-state index is 11.1. The normalized spacial score (nSPS) is 22.8. The van der Waals surface area contributed by atoms with E-state index in [-0.39, 0.29) is 5.91 Å². The highest BCUT2D eigenvalue weighted by Crippen LogP contribution is 2.36. The molecule has 0 aliphatic heterocycles. The minimum absolute atomic E-state index is 0.173. The fourth-order valence-corrected chi connectivity index (χ4v) is 1.99. The Balaban J connectivity index is 1.69. The van der Waals surface area contributed by atoms with Crippen molar-refractivity contribution in [1.82, 2.24) is 14.9 Å². The van der Waals surface area contributed by atoms with Gasteiger partial charge in [-0.05, 0) is 31.6 Å². The molecule has 1 heterocycles. The first-order valence-corrected chi connectivity index (χ1v) is 5.47. The van der Waals surface area contributed by atoms with E-state index in [0.717, 1.165) is 19.4 Å². The zero-order valence-corrected chi connectivity index (χ0v) is 9.31. The van der Waals surface area contributed by atoms with Crippen molar-refractivity contribution < 1.29 is 4.79 Å². The molecule has 0 unspecified atom stereocenters. The number of hydrogen-bond donors (Lipinski definition) is 1. The third-order valence-electron chi connectivity index (χ3n) is 2.95. The second kappa shape index (κ2) is 4.84. The molecule has 0 atom stereocenters. The Morgan fingerprint density at radius 2 is 2.44 bits per heavy atom. The maximum atomic E-state index is 11.1. The molecule has 2 rings (SSSR count). The predicted molar refractivity (Wildman–Crippen MR) is 60.4 cm³/mol. The van der Waals surface area contributed by atoms with Crippen LogP contribution in [0.4, 0.5) is 0 Å². The van der Waals surface area contributed by atoms with Crippen molar-refractivity contribution in [1.29, 1.82) is 0 Å². The van der Waals surface area contributed by atoms with E-state index in [2.05, 4.69) is 26.7 Å². The van der Waals surface area contributed by atoms with E-state index in [9.17, 15) is 4.79 Å². The van der Waals surface area contributed by atoms with Crippen LogP contribution in [0.15, 0.2) is 18.7 Å². The van der Waals surface area contributed by atoms with Gasteiger partial charge in [-0.15, -0.1) is 0 Å². The van der Waals surface area contributed by atoms with Gasteiger partial charge in [0.15, 0.2) is 0 Å². The van der Waals surface area contributed by atoms with E-state index in [1.54, 1.807) is 13.1 Å². The summed E-state index contributed by atoms with van der Waals surface area (Å²) in [6, 6.07) is 0.557. The summed E-state index contributed by atoms with van der Waals surface area (Å²) in [7, 11) is 0. The third-order valence-corrected chi connectivity index (χ3v) is 2.95. The Hall–Kier alpha value is -1.76. The molecule has 1 aliphatic rings. The minimum Gasteiger partial charge on any atom is -0.345 e. The van der Waals surface area contributed by atoms with Gasteiger partial charge in [-0.3, -0.25) is 4.79 Å². The van der Waals surface area contributed by atoms with Crippen LogP contribution in [0.5, 0.6) is 0 Å². The lowest BCUT2D eigenvalue weighted by atomic mass is 9.80. The summed E-state index contributed by atoms with van der Waals surface area (Å²) in [5.74, 6) is 5.46. The summed E-state index contributed by atoms with van der Waals surface area (Å²) in [4.78, 5) is 15.1. The molecule has 1 aromatic rings. The lowest BCUT2D eigenvalue weighted by molar-refractivity contribution is -0.116. The van der Waals surface area contributed by atoms with Crippen molar-refractivity contribution in [3.05, 3.63) is 18.7 Å². The molecule has 4 nitrogen and oxygen atoms in total. The van der Waals surface area contributed by atoms with Gasteiger partial charge in [0.25, 0.3) is 5.91 Å². The van der Waals surface area contributed by atoms with Crippen LogP contribution in [-0.4, -0.2) is 22.0 Å². The van der Waals surface area contributed by atoms with Crippen molar-refractivity contribution in [2.24, 2.45) is 5.92 Å². The van der Waals surface area contributed by atoms with Gasteiger partial charge in [-0.25, -0.2) is 4.98 Å². The molecule has 1 fully saturated rings. The second-order valence-electron chi connectivity index (χ2n) is 4.09. The summed E-state index contributed by atoms with van der Waals surface area (Å²) >= 11 is 0. The molecule has 1 aliphatic carbocycles. The first-order chi connectivity index (χ1) is 7.79. The number of rotatable bonds is 3. The summed E-state index contributed by atoms with van der Waals surface area (Å²) in [5, 5.41) is 2.81. The molecule has 0 saturated heterocycles. The molecule has 1 N–H and O–H groups in total.